The number of amides is 1. The smallest absolute Gasteiger partial charge is 0.237 e. The lowest BCUT2D eigenvalue weighted by molar-refractivity contribution is -0.124. The number of hydrogen-bond acceptors (Lipinski definition) is 5. The summed E-state index contributed by atoms with van der Waals surface area (Å²) in [5, 5.41) is 9.65. The zero-order valence-electron chi connectivity index (χ0n) is 14.7. The molecule has 0 aliphatic carbocycles. The third-order valence-electron chi connectivity index (χ3n) is 3.56. The summed E-state index contributed by atoms with van der Waals surface area (Å²) in [5.41, 5.74) is 11.1. The summed E-state index contributed by atoms with van der Waals surface area (Å²) >= 11 is 0. The topological polar surface area (TPSA) is 105 Å². The van der Waals surface area contributed by atoms with Gasteiger partial charge in [-0.3, -0.25) is 4.79 Å². The molecular weight excluding hydrogens is 278 g/mol. The van der Waals surface area contributed by atoms with Crippen molar-refractivity contribution in [2.24, 2.45) is 16.9 Å². The molecular formula is C16H37N5O. The van der Waals surface area contributed by atoms with Crippen LogP contribution in [0.1, 0.15) is 46.5 Å². The Morgan fingerprint density at radius 3 is 1.91 bits per heavy atom. The number of carbonyl (C=O) groups is 1. The van der Waals surface area contributed by atoms with E-state index in [-0.39, 0.29) is 11.3 Å². The molecule has 0 fully saturated rings. The van der Waals surface area contributed by atoms with Gasteiger partial charge in [0.05, 0.1) is 6.04 Å². The Hall–Kier alpha value is -0.690. The lowest BCUT2D eigenvalue weighted by atomic mass is 9.87. The highest BCUT2D eigenvalue weighted by molar-refractivity contribution is 5.82. The molecule has 0 rings (SSSR count). The van der Waals surface area contributed by atoms with E-state index in [9.17, 15) is 4.79 Å². The first-order valence-electron chi connectivity index (χ1n) is 8.54. The van der Waals surface area contributed by atoms with Crippen molar-refractivity contribution >= 4 is 5.91 Å². The van der Waals surface area contributed by atoms with Crippen LogP contribution in [0.2, 0.25) is 0 Å². The molecule has 0 aliphatic heterocycles. The van der Waals surface area contributed by atoms with Crippen LogP contribution in [0.15, 0.2) is 0 Å². The van der Waals surface area contributed by atoms with E-state index in [0.717, 1.165) is 52.0 Å². The quantitative estimate of drug-likeness (QED) is 0.312. The predicted octanol–water partition coefficient (Wildman–Crippen LogP) is 0.174. The fraction of sp³-hybridized carbons (Fsp3) is 0.938. The van der Waals surface area contributed by atoms with Crippen molar-refractivity contribution in [3.63, 3.8) is 0 Å². The average molecular weight is 316 g/mol. The second-order valence-corrected chi connectivity index (χ2v) is 6.84. The molecule has 6 nitrogen and oxygen atoms in total. The highest BCUT2D eigenvalue weighted by Gasteiger charge is 2.26. The average Bonchev–Trinajstić information content (AvgIpc) is 2.46. The van der Waals surface area contributed by atoms with E-state index < -0.39 is 6.04 Å². The van der Waals surface area contributed by atoms with Crippen LogP contribution in [0.3, 0.4) is 0 Å². The van der Waals surface area contributed by atoms with Gasteiger partial charge in [0.15, 0.2) is 0 Å². The van der Waals surface area contributed by atoms with Gasteiger partial charge in [-0.2, -0.15) is 0 Å². The van der Waals surface area contributed by atoms with Crippen LogP contribution < -0.4 is 27.4 Å². The normalized spacial score (nSPS) is 13.1. The van der Waals surface area contributed by atoms with Gasteiger partial charge in [0.2, 0.25) is 5.91 Å². The second-order valence-electron chi connectivity index (χ2n) is 6.84. The Kier molecular flexibility index (Phi) is 12.4. The van der Waals surface area contributed by atoms with E-state index in [1.54, 1.807) is 0 Å². The maximum atomic E-state index is 11.8. The summed E-state index contributed by atoms with van der Waals surface area (Å²) in [7, 11) is 0. The van der Waals surface area contributed by atoms with Crippen LogP contribution in [-0.2, 0) is 4.79 Å². The van der Waals surface area contributed by atoms with Crippen LogP contribution in [-0.4, -0.2) is 51.2 Å². The van der Waals surface area contributed by atoms with Crippen molar-refractivity contribution in [2.75, 3.05) is 39.3 Å². The monoisotopic (exact) mass is 315 g/mol. The highest BCUT2D eigenvalue weighted by atomic mass is 16.2. The minimum atomic E-state index is -0.452. The number of nitrogens with two attached hydrogens (primary N) is 2. The first-order valence-corrected chi connectivity index (χ1v) is 8.54. The van der Waals surface area contributed by atoms with E-state index in [1.165, 1.54) is 6.42 Å². The van der Waals surface area contributed by atoms with Gasteiger partial charge < -0.3 is 27.4 Å². The Morgan fingerprint density at radius 2 is 1.41 bits per heavy atom. The lowest BCUT2D eigenvalue weighted by Gasteiger charge is -2.25. The Morgan fingerprint density at radius 1 is 0.909 bits per heavy atom. The van der Waals surface area contributed by atoms with Gasteiger partial charge in [0.1, 0.15) is 0 Å². The van der Waals surface area contributed by atoms with E-state index >= 15 is 0 Å². The zero-order valence-corrected chi connectivity index (χ0v) is 14.7. The third-order valence-corrected chi connectivity index (χ3v) is 3.56. The standard InChI is InChI=1S/C16H37N5O/c1-16(2,3)14(18)15(22)21-13-7-12-20-10-5-4-9-19-11-6-8-17/h14,19-20H,4-13,17-18H2,1-3H3,(H,21,22)/t14-/m1/s1. The van der Waals surface area contributed by atoms with Crippen molar-refractivity contribution in [3.05, 3.63) is 0 Å². The lowest BCUT2D eigenvalue weighted by Crippen LogP contribution is -2.48. The van der Waals surface area contributed by atoms with Gasteiger partial charge in [-0.05, 0) is 63.8 Å². The molecule has 7 N–H and O–H groups in total. The molecule has 0 heterocycles. The molecule has 0 aliphatic rings. The number of hydrogen-bond donors (Lipinski definition) is 5. The molecule has 0 spiro atoms. The summed E-state index contributed by atoms with van der Waals surface area (Å²) in [6.07, 6.45) is 4.31. The molecule has 0 aromatic heterocycles. The van der Waals surface area contributed by atoms with Gasteiger partial charge in [-0.1, -0.05) is 20.8 Å². The van der Waals surface area contributed by atoms with Gasteiger partial charge >= 0.3 is 0 Å². The van der Waals surface area contributed by atoms with Crippen molar-refractivity contribution in [3.8, 4) is 0 Å². The molecule has 6 heteroatoms. The van der Waals surface area contributed by atoms with E-state index in [0.29, 0.717) is 6.54 Å². The summed E-state index contributed by atoms with van der Waals surface area (Å²) in [6, 6.07) is -0.452. The van der Waals surface area contributed by atoms with Gasteiger partial charge in [0, 0.05) is 6.54 Å². The Labute approximate surface area is 136 Å². The summed E-state index contributed by atoms with van der Waals surface area (Å²) in [4.78, 5) is 11.8. The molecule has 0 radical (unpaired) electrons. The van der Waals surface area contributed by atoms with Gasteiger partial charge in [-0.25, -0.2) is 0 Å². The maximum absolute atomic E-state index is 11.8. The summed E-state index contributed by atoms with van der Waals surface area (Å²) in [6.45, 7) is 11.4. The van der Waals surface area contributed by atoms with Gasteiger partial charge in [-0.15, -0.1) is 0 Å². The largest absolute Gasteiger partial charge is 0.355 e. The second kappa shape index (κ2) is 12.8. The number of nitrogens with one attached hydrogen (secondary N) is 3. The van der Waals surface area contributed by atoms with Crippen molar-refractivity contribution < 1.29 is 4.79 Å². The van der Waals surface area contributed by atoms with Gasteiger partial charge in [0.25, 0.3) is 0 Å². The molecule has 0 aromatic carbocycles. The minimum absolute atomic E-state index is 0.0592. The number of carbonyl (C=O) groups excluding carboxylic acids is 1. The summed E-state index contributed by atoms with van der Waals surface area (Å²) < 4.78 is 0. The molecule has 22 heavy (non-hydrogen) atoms. The van der Waals surface area contributed by atoms with Crippen molar-refractivity contribution in [1.29, 1.82) is 0 Å². The van der Waals surface area contributed by atoms with Crippen LogP contribution in [0, 0.1) is 5.41 Å². The highest BCUT2D eigenvalue weighted by Crippen LogP contribution is 2.16. The van der Waals surface area contributed by atoms with E-state index in [2.05, 4.69) is 16.0 Å². The molecule has 132 valence electrons. The number of unbranched alkanes of at least 4 members (excludes halogenated alkanes) is 1. The third kappa shape index (κ3) is 11.9. The first kappa shape index (κ1) is 21.3. The van der Waals surface area contributed by atoms with E-state index in [4.69, 9.17) is 11.5 Å². The molecule has 1 atom stereocenters. The molecule has 0 bridgehead atoms. The SMILES string of the molecule is CC(C)(C)[C@H](N)C(=O)NCCCNCCCCNCCCN. The maximum Gasteiger partial charge on any atom is 0.237 e. The first-order chi connectivity index (χ1) is 10.4. The number of rotatable bonds is 13. The molecule has 0 saturated heterocycles. The van der Waals surface area contributed by atoms with Crippen molar-refractivity contribution in [2.45, 2.75) is 52.5 Å². The Bertz CT molecular complexity index is 278. The van der Waals surface area contributed by atoms with Crippen LogP contribution in [0.5, 0.6) is 0 Å². The van der Waals surface area contributed by atoms with Crippen molar-refractivity contribution in [1.82, 2.24) is 16.0 Å². The minimum Gasteiger partial charge on any atom is -0.355 e. The van der Waals surface area contributed by atoms with Crippen LogP contribution in [0.4, 0.5) is 0 Å². The molecule has 0 aromatic rings. The molecule has 0 saturated carbocycles. The van der Waals surface area contributed by atoms with Crippen LogP contribution in [0.25, 0.3) is 0 Å². The zero-order chi connectivity index (χ0) is 16.8. The fourth-order valence-electron chi connectivity index (χ4n) is 1.91. The molecule has 1 amide bonds. The predicted molar refractivity (Wildman–Crippen MR) is 93.7 cm³/mol. The summed E-state index contributed by atoms with van der Waals surface area (Å²) in [5.74, 6) is -0.0592. The Balaban J connectivity index is 3.32. The van der Waals surface area contributed by atoms with E-state index in [1.807, 2.05) is 20.8 Å². The van der Waals surface area contributed by atoms with Crippen LogP contribution >= 0.6 is 0 Å². The molecule has 0 unspecified atom stereocenters. The fourth-order valence-corrected chi connectivity index (χ4v) is 1.91.